The second kappa shape index (κ2) is 9.08. The fraction of sp³-hybridized carbons (Fsp3) is 0.333. The number of amides is 1. The topological polar surface area (TPSA) is 62.4 Å². The molecule has 0 aromatic heterocycles. The third-order valence-electron chi connectivity index (χ3n) is 3.52. The van der Waals surface area contributed by atoms with E-state index in [0.29, 0.717) is 10.9 Å². The van der Waals surface area contributed by atoms with Crippen molar-refractivity contribution in [2.24, 2.45) is 0 Å². The van der Waals surface area contributed by atoms with E-state index in [2.05, 4.69) is 23.1 Å². The second-order valence-electron chi connectivity index (χ2n) is 5.49. The van der Waals surface area contributed by atoms with Crippen molar-refractivity contribution in [1.29, 1.82) is 0 Å². The molecule has 0 spiro atoms. The fourth-order valence-corrected chi connectivity index (χ4v) is 2.29. The molecular formula is C18H23N3O2S. The van der Waals surface area contributed by atoms with Crippen molar-refractivity contribution in [3.05, 3.63) is 42.5 Å². The SMILES string of the molecule is CCCCNC(=S)NNC(=O)[C@@H](C)Oc1ccc2ccccc2c1. The van der Waals surface area contributed by atoms with Gasteiger partial charge in [-0.1, -0.05) is 43.7 Å². The van der Waals surface area contributed by atoms with Crippen molar-refractivity contribution >= 4 is 34.0 Å². The molecule has 0 saturated heterocycles. The normalized spacial score (nSPS) is 11.6. The molecule has 2 aromatic rings. The van der Waals surface area contributed by atoms with Crippen LogP contribution in [-0.2, 0) is 4.79 Å². The van der Waals surface area contributed by atoms with Gasteiger partial charge < -0.3 is 10.1 Å². The van der Waals surface area contributed by atoms with Crippen molar-refractivity contribution in [1.82, 2.24) is 16.2 Å². The van der Waals surface area contributed by atoms with E-state index in [1.807, 2.05) is 42.5 Å². The van der Waals surface area contributed by atoms with Crippen LogP contribution in [0.2, 0.25) is 0 Å². The summed E-state index contributed by atoms with van der Waals surface area (Å²) in [7, 11) is 0. The summed E-state index contributed by atoms with van der Waals surface area (Å²) in [4.78, 5) is 12.1. The molecular weight excluding hydrogens is 322 g/mol. The standard InChI is InChI=1S/C18H23N3O2S/c1-3-4-11-19-18(24)21-20-17(22)13(2)23-16-10-9-14-7-5-6-8-15(14)12-16/h5-10,12-13H,3-4,11H2,1-2H3,(H,20,22)(H2,19,21,24)/t13-/m1/s1. The molecule has 24 heavy (non-hydrogen) atoms. The third kappa shape index (κ3) is 5.38. The Morgan fingerprint density at radius 3 is 2.67 bits per heavy atom. The maximum Gasteiger partial charge on any atom is 0.279 e. The number of hydrogen-bond acceptors (Lipinski definition) is 3. The average Bonchev–Trinajstić information content (AvgIpc) is 2.59. The Bertz CT molecular complexity index is 705. The van der Waals surface area contributed by atoms with Crippen LogP contribution in [0.25, 0.3) is 10.8 Å². The highest BCUT2D eigenvalue weighted by atomic mass is 32.1. The first kappa shape index (κ1) is 18.0. The van der Waals surface area contributed by atoms with Gasteiger partial charge in [-0.15, -0.1) is 0 Å². The number of nitrogens with one attached hydrogen (secondary N) is 3. The Morgan fingerprint density at radius 2 is 1.92 bits per heavy atom. The zero-order valence-corrected chi connectivity index (χ0v) is 14.8. The van der Waals surface area contributed by atoms with Gasteiger partial charge in [-0.25, -0.2) is 0 Å². The summed E-state index contributed by atoms with van der Waals surface area (Å²) in [5.74, 6) is 0.364. The summed E-state index contributed by atoms with van der Waals surface area (Å²) in [6.07, 6.45) is 1.47. The van der Waals surface area contributed by atoms with E-state index in [-0.39, 0.29) is 5.91 Å². The molecule has 0 fully saturated rings. The van der Waals surface area contributed by atoms with Crippen molar-refractivity contribution in [2.45, 2.75) is 32.8 Å². The lowest BCUT2D eigenvalue weighted by Crippen LogP contribution is -2.50. The third-order valence-corrected chi connectivity index (χ3v) is 3.76. The smallest absolute Gasteiger partial charge is 0.279 e. The molecule has 128 valence electrons. The van der Waals surface area contributed by atoms with Crippen LogP contribution in [0.15, 0.2) is 42.5 Å². The predicted octanol–water partition coefficient (Wildman–Crippen LogP) is 2.90. The summed E-state index contributed by atoms with van der Waals surface area (Å²) in [5.41, 5.74) is 5.23. The molecule has 0 aliphatic heterocycles. The monoisotopic (exact) mass is 345 g/mol. The van der Waals surface area contributed by atoms with Crippen LogP contribution >= 0.6 is 12.2 Å². The number of hydrogen-bond donors (Lipinski definition) is 3. The van der Waals surface area contributed by atoms with Crippen LogP contribution in [0.1, 0.15) is 26.7 Å². The minimum atomic E-state index is -0.642. The highest BCUT2D eigenvalue weighted by Gasteiger charge is 2.14. The van der Waals surface area contributed by atoms with E-state index in [4.69, 9.17) is 17.0 Å². The molecule has 0 bridgehead atoms. The molecule has 0 heterocycles. The number of carbonyl (C=O) groups is 1. The first-order chi connectivity index (χ1) is 11.6. The molecule has 0 radical (unpaired) electrons. The minimum absolute atomic E-state index is 0.289. The fourth-order valence-electron chi connectivity index (χ4n) is 2.14. The van der Waals surface area contributed by atoms with E-state index in [1.165, 1.54) is 0 Å². The maximum atomic E-state index is 12.1. The van der Waals surface area contributed by atoms with Gasteiger partial charge in [-0.2, -0.15) is 0 Å². The Hall–Kier alpha value is -2.34. The van der Waals surface area contributed by atoms with E-state index in [1.54, 1.807) is 6.92 Å². The number of rotatable bonds is 6. The molecule has 1 amide bonds. The molecule has 0 aliphatic carbocycles. The zero-order chi connectivity index (χ0) is 17.4. The lowest BCUT2D eigenvalue weighted by atomic mass is 10.1. The average molecular weight is 345 g/mol. The number of unbranched alkanes of at least 4 members (excludes halogenated alkanes) is 1. The van der Waals surface area contributed by atoms with Crippen molar-refractivity contribution in [2.75, 3.05) is 6.54 Å². The summed E-state index contributed by atoms with van der Waals surface area (Å²) in [6.45, 7) is 4.58. The van der Waals surface area contributed by atoms with E-state index >= 15 is 0 Å². The lowest BCUT2D eigenvalue weighted by molar-refractivity contribution is -0.127. The van der Waals surface area contributed by atoms with Gasteiger partial charge in [0.15, 0.2) is 11.2 Å². The van der Waals surface area contributed by atoms with Crippen LogP contribution < -0.4 is 20.9 Å². The Morgan fingerprint density at radius 1 is 1.17 bits per heavy atom. The number of hydrazine groups is 1. The van der Waals surface area contributed by atoms with E-state index in [0.717, 1.165) is 30.2 Å². The first-order valence-corrected chi connectivity index (χ1v) is 8.50. The van der Waals surface area contributed by atoms with E-state index < -0.39 is 6.10 Å². The summed E-state index contributed by atoms with van der Waals surface area (Å²) < 4.78 is 5.70. The number of benzene rings is 2. The Balaban J connectivity index is 1.83. The molecule has 0 aliphatic rings. The maximum absolute atomic E-state index is 12.1. The van der Waals surface area contributed by atoms with E-state index in [9.17, 15) is 4.79 Å². The summed E-state index contributed by atoms with van der Waals surface area (Å²) in [5, 5.41) is 5.61. The number of fused-ring (bicyclic) bond motifs is 1. The van der Waals surface area contributed by atoms with Gasteiger partial charge >= 0.3 is 0 Å². The van der Waals surface area contributed by atoms with Gasteiger partial charge in [-0.3, -0.25) is 15.6 Å². The molecule has 0 unspecified atom stereocenters. The summed E-state index contributed by atoms with van der Waals surface area (Å²) in [6, 6.07) is 13.8. The molecule has 2 aromatic carbocycles. The first-order valence-electron chi connectivity index (χ1n) is 8.09. The van der Waals surface area contributed by atoms with Crippen LogP contribution in [-0.4, -0.2) is 23.7 Å². The largest absolute Gasteiger partial charge is 0.481 e. The van der Waals surface area contributed by atoms with Gasteiger partial charge in [0.05, 0.1) is 0 Å². The molecule has 2 rings (SSSR count). The number of carbonyl (C=O) groups excluding carboxylic acids is 1. The highest BCUT2D eigenvalue weighted by Crippen LogP contribution is 2.21. The minimum Gasteiger partial charge on any atom is -0.481 e. The van der Waals surface area contributed by atoms with Gasteiger partial charge in [-0.05, 0) is 48.5 Å². The second-order valence-corrected chi connectivity index (χ2v) is 5.90. The van der Waals surface area contributed by atoms with Crippen LogP contribution in [0.4, 0.5) is 0 Å². The van der Waals surface area contributed by atoms with Gasteiger partial charge in [0, 0.05) is 6.54 Å². The van der Waals surface area contributed by atoms with Gasteiger partial charge in [0.1, 0.15) is 5.75 Å². The van der Waals surface area contributed by atoms with Gasteiger partial charge in [0.2, 0.25) is 0 Å². The molecule has 6 heteroatoms. The predicted molar refractivity (Wildman–Crippen MR) is 101 cm³/mol. The Kier molecular flexibility index (Phi) is 6.81. The highest BCUT2D eigenvalue weighted by molar-refractivity contribution is 7.80. The quantitative estimate of drug-likeness (QED) is 0.427. The zero-order valence-electron chi connectivity index (χ0n) is 14.0. The summed E-state index contributed by atoms with van der Waals surface area (Å²) >= 11 is 5.08. The van der Waals surface area contributed by atoms with Crippen LogP contribution in [0, 0.1) is 0 Å². The van der Waals surface area contributed by atoms with Crippen molar-refractivity contribution < 1.29 is 9.53 Å². The lowest BCUT2D eigenvalue weighted by Gasteiger charge is -2.16. The number of thiocarbonyl (C=S) groups is 1. The van der Waals surface area contributed by atoms with Crippen molar-refractivity contribution in [3.63, 3.8) is 0 Å². The van der Waals surface area contributed by atoms with Crippen molar-refractivity contribution in [3.8, 4) is 5.75 Å². The number of ether oxygens (including phenoxy) is 1. The van der Waals surface area contributed by atoms with Crippen LogP contribution in [0.5, 0.6) is 5.75 Å². The van der Waals surface area contributed by atoms with Gasteiger partial charge in [0.25, 0.3) is 5.91 Å². The molecule has 1 atom stereocenters. The van der Waals surface area contributed by atoms with Crippen LogP contribution in [0.3, 0.4) is 0 Å². The molecule has 0 saturated carbocycles. The molecule has 3 N–H and O–H groups in total. The molecule has 5 nitrogen and oxygen atoms in total. The Labute approximate surface area is 147 Å².